The van der Waals surface area contributed by atoms with Crippen molar-refractivity contribution in [1.82, 2.24) is 10.3 Å². The third-order valence-corrected chi connectivity index (χ3v) is 3.39. The lowest BCUT2D eigenvalue weighted by Crippen LogP contribution is -2.36. The van der Waals surface area contributed by atoms with Gasteiger partial charge in [0.15, 0.2) is 0 Å². The zero-order chi connectivity index (χ0) is 12.8. The third-order valence-electron chi connectivity index (χ3n) is 3.39. The predicted octanol–water partition coefficient (Wildman–Crippen LogP) is 1.68. The molecular weight excluding hydrogens is 228 g/mol. The zero-order valence-electron chi connectivity index (χ0n) is 10.6. The van der Waals surface area contributed by atoms with E-state index in [0.29, 0.717) is 18.0 Å². The highest BCUT2D eigenvalue weighted by Gasteiger charge is 2.16. The molecule has 0 aromatic carbocycles. The van der Waals surface area contributed by atoms with Gasteiger partial charge in [-0.2, -0.15) is 0 Å². The molecular formula is C14H20N2O2. The van der Waals surface area contributed by atoms with Gasteiger partial charge in [-0.25, -0.2) is 0 Å². The summed E-state index contributed by atoms with van der Waals surface area (Å²) >= 11 is 0. The molecule has 0 atom stereocenters. The Labute approximate surface area is 107 Å². The molecule has 0 radical (unpaired) electrons. The summed E-state index contributed by atoms with van der Waals surface area (Å²) in [6.45, 7) is 0.0562. The number of amides is 1. The molecule has 1 aromatic heterocycles. The Morgan fingerprint density at radius 2 is 2.17 bits per heavy atom. The van der Waals surface area contributed by atoms with Gasteiger partial charge in [0, 0.05) is 36.5 Å². The van der Waals surface area contributed by atoms with E-state index < -0.39 is 0 Å². The molecule has 98 valence electrons. The van der Waals surface area contributed by atoms with Gasteiger partial charge in [-0.1, -0.05) is 19.3 Å². The van der Waals surface area contributed by atoms with Gasteiger partial charge in [0.25, 0.3) is 5.91 Å². The maximum absolute atomic E-state index is 12.1. The number of aliphatic hydroxyl groups excluding tert-OH is 1. The highest BCUT2D eigenvalue weighted by molar-refractivity contribution is 5.94. The Morgan fingerprint density at radius 1 is 1.39 bits per heavy atom. The zero-order valence-corrected chi connectivity index (χ0v) is 10.6. The van der Waals surface area contributed by atoms with Crippen molar-refractivity contribution < 1.29 is 9.90 Å². The highest BCUT2D eigenvalue weighted by atomic mass is 16.3. The summed E-state index contributed by atoms with van der Waals surface area (Å²) in [4.78, 5) is 16.2. The lowest BCUT2D eigenvalue weighted by molar-refractivity contribution is 0.0927. The number of aromatic nitrogens is 1. The van der Waals surface area contributed by atoms with Crippen LogP contribution < -0.4 is 5.32 Å². The van der Waals surface area contributed by atoms with E-state index in [1.807, 2.05) is 0 Å². The van der Waals surface area contributed by atoms with E-state index in [4.69, 9.17) is 5.11 Å². The van der Waals surface area contributed by atoms with Gasteiger partial charge in [0.1, 0.15) is 0 Å². The molecule has 4 nitrogen and oxygen atoms in total. The maximum Gasteiger partial charge on any atom is 0.251 e. The van der Waals surface area contributed by atoms with Crippen LogP contribution in [0.15, 0.2) is 18.3 Å². The van der Waals surface area contributed by atoms with Crippen molar-refractivity contribution in [2.45, 2.75) is 44.6 Å². The second-order valence-electron chi connectivity index (χ2n) is 4.82. The predicted molar refractivity (Wildman–Crippen MR) is 69.4 cm³/mol. The minimum atomic E-state index is -0.0245. The molecule has 1 saturated carbocycles. The second-order valence-corrected chi connectivity index (χ2v) is 4.82. The summed E-state index contributed by atoms with van der Waals surface area (Å²) in [7, 11) is 0. The second kappa shape index (κ2) is 6.50. The normalized spacial score (nSPS) is 16.5. The Bertz CT molecular complexity index is 401. The Hall–Kier alpha value is -1.42. The fourth-order valence-electron chi connectivity index (χ4n) is 2.39. The van der Waals surface area contributed by atoms with Gasteiger partial charge < -0.3 is 10.4 Å². The smallest absolute Gasteiger partial charge is 0.251 e. The first-order chi connectivity index (χ1) is 8.79. The number of nitrogens with one attached hydrogen (secondary N) is 1. The fourth-order valence-corrected chi connectivity index (χ4v) is 2.39. The van der Waals surface area contributed by atoms with E-state index in [1.54, 1.807) is 18.3 Å². The minimum Gasteiger partial charge on any atom is -0.396 e. The van der Waals surface area contributed by atoms with Gasteiger partial charge in [-0.05, 0) is 25.0 Å². The molecule has 0 aliphatic heterocycles. The Balaban J connectivity index is 1.96. The van der Waals surface area contributed by atoms with Crippen LogP contribution in [-0.2, 0) is 6.42 Å². The Morgan fingerprint density at radius 3 is 2.89 bits per heavy atom. The van der Waals surface area contributed by atoms with Gasteiger partial charge in [-0.3, -0.25) is 9.78 Å². The lowest BCUT2D eigenvalue weighted by atomic mass is 9.95. The SMILES string of the molecule is O=C(NC1CCCCC1)c1ccnc(CCO)c1. The standard InChI is InChI=1S/C14H20N2O2/c17-9-7-13-10-11(6-8-15-13)14(18)16-12-4-2-1-3-5-12/h6,8,10,12,17H,1-5,7,9H2,(H,16,18). The topological polar surface area (TPSA) is 62.2 Å². The van der Waals surface area contributed by atoms with Crippen molar-refractivity contribution >= 4 is 5.91 Å². The first-order valence-corrected chi connectivity index (χ1v) is 6.66. The van der Waals surface area contributed by atoms with E-state index >= 15 is 0 Å². The number of nitrogens with zero attached hydrogens (tertiary/aromatic N) is 1. The molecule has 1 fully saturated rings. The van der Waals surface area contributed by atoms with Crippen LogP contribution in [0.5, 0.6) is 0 Å². The summed E-state index contributed by atoms with van der Waals surface area (Å²) in [6, 6.07) is 3.80. The quantitative estimate of drug-likeness (QED) is 0.852. The van der Waals surface area contributed by atoms with Crippen LogP contribution in [0.4, 0.5) is 0 Å². The number of pyridine rings is 1. The van der Waals surface area contributed by atoms with E-state index in [9.17, 15) is 4.79 Å². The monoisotopic (exact) mass is 248 g/mol. The molecule has 0 unspecified atom stereocenters. The van der Waals surface area contributed by atoms with Crippen LogP contribution >= 0.6 is 0 Å². The molecule has 1 aliphatic rings. The summed E-state index contributed by atoms with van der Waals surface area (Å²) in [5.74, 6) is -0.0245. The third kappa shape index (κ3) is 3.53. The summed E-state index contributed by atoms with van der Waals surface area (Å²) < 4.78 is 0. The fraction of sp³-hybridized carbons (Fsp3) is 0.571. The summed E-state index contributed by atoms with van der Waals surface area (Å²) in [5, 5.41) is 11.9. The maximum atomic E-state index is 12.1. The van der Waals surface area contributed by atoms with Crippen molar-refractivity contribution in [2.24, 2.45) is 0 Å². The number of hydrogen-bond acceptors (Lipinski definition) is 3. The van der Waals surface area contributed by atoms with Crippen LogP contribution in [0.2, 0.25) is 0 Å². The lowest BCUT2D eigenvalue weighted by Gasteiger charge is -2.22. The highest BCUT2D eigenvalue weighted by Crippen LogP contribution is 2.17. The van der Waals surface area contributed by atoms with E-state index in [0.717, 1.165) is 18.5 Å². The van der Waals surface area contributed by atoms with Gasteiger partial charge >= 0.3 is 0 Å². The summed E-state index contributed by atoms with van der Waals surface area (Å²) in [5.41, 5.74) is 1.40. The van der Waals surface area contributed by atoms with Gasteiger partial charge in [0.05, 0.1) is 0 Å². The van der Waals surface area contributed by atoms with Crippen LogP contribution in [0.3, 0.4) is 0 Å². The molecule has 18 heavy (non-hydrogen) atoms. The van der Waals surface area contributed by atoms with Crippen LogP contribution in [0, 0.1) is 0 Å². The molecule has 2 N–H and O–H groups in total. The minimum absolute atomic E-state index is 0.0245. The Kier molecular flexibility index (Phi) is 4.70. The first-order valence-electron chi connectivity index (χ1n) is 6.66. The van der Waals surface area contributed by atoms with Crippen LogP contribution in [0.1, 0.15) is 48.2 Å². The van der Waals surface area contributed by atoms with Crippen molar-refractivity contribution in [2.75, 3.05) is 6.61 Å². The molecule has 0 spiro atoms. The molecule has 1 heterocycles. The molecule has 0 bridgehead atoms. The van der Waals surface area contributed by atoms with Crippen molar-refractivity contribution in [3.05, 3.63) is 29.6 Å². The molecule has 1 amide bonds. The van der Waals surface area contributed by atoms with E-state index in [1.165, 1.54) is 19.3 Å². The van der Waals surface area contributed by atoms with Gasteiger partial charge in [-0.15, -0.1) is 0 Å². The largest absolute Gasteiger partial charge is 0.396 e. The van der Waals surface area contributed by atoms with Crippen LogP contribution in [0.25, 0.3) is 0 Å². The summed E-state index contributed by atoms with van der Waals surface area (Å²) in [6.07, 6.45) is 7.97. The van der Waals surface area contributed by atoms with Crippen molar-refractivity contribution in [3.8, 4) is 0 Å². The molecule has 1 aliphatic carbocycles. The van der Waals surface area contributed by atoms with E-state index in [2.05, 4.69) is 10.3 Å². The van der Waals surface area contributed by atoms with Crippen molar-refractivity contribution in [3.63, 3.8) is 0 Å². The average Bonchev–Trinajstić information content (AvgIpc) is 2.40. The number of hydrogen-bond donors (Lipinski definition) is 2. The molecule has 2 rings (SSSR count). The van der Waals surface area contributed by atoms with Crippen LogP contribution in [-0.4, -0.2) is 28.6 Å². The van der Waals surface area contributed by atoms with Crippen molar-refractivity contribution in [1.29, 1.82) is 0 Å². The van der Waals surface area contributed by atoms with Gasteiger partial charge in [0.2, 0.25) is 0 Å². The molecule has 4 heteroatoms. The van der Waals surface area contributed by atoms with E-state index in [-0.39, 0.29) is 12.5 Å². The number of carbonyl (C=O) groups is 1. The molecule has 0 saturated heterocycles. The number of aliphatic hydroxyl groups is 1. The average molecular weight is 248 g/mol. The number of rotatable bonds is 4. The number of carbonyl (C=O) groups excluding carboxylic acids is 1. The first kappa shape index (κ1) is 13.0. The molecule has 1 aromatic rings.